The molecule has 0 amide bonds. The molecule has 0 bridgehead atoms. The molecule has 1 rings (SSSR count). The summed E-state index contributed by atoms with van der Waals surface area (Å²) in [6, 6.07) is 6.90. The van der Waals surface area contributed by atoms with Gasteiger partial charge < -0.3 is 10.1 Å². The second kappa shape index (κ2) is 8.88. The molecule has 21 heavy (non-hydrogen) atoms. The van der Waals surface area contributed by atoms with Crippen molar-refractivity contribution in [2.24, 2.45) is 0 Å². The summed E-state index contributed by atoms with van der Waals surface area (Å²) in [6.07, 6.45) is -4.54. The monoisotopic (exact) mass is 322 g/mol. The van der Waals surface area contributed by atoms with Crippen molar-refractivity contribution < 1.29 is 17.9 Å². The van der Waals surface area contributed by atoms with Gasteiger partial charge in [-0.1, -0.05) is 12.1 Å². The normalized spacial score (nSPS) is 13.9. The standard InChI is InChI=1S/C14H17F3N2O.ClH/c1-10(19-8-4-7-18)13(20-2)11-5-3-6-12(9-11)14(15,16)17;/h3,5-6,9-10,13,19H,4,8H2,1-2H3;1H. The fourth-order valence-electron chi connectivity index (χ4n) is 1.98. The summed E-state index contributed by atoms with van der Waals surface area (Å²) in [7, 11) is 1.45. The Labute approximate surface area is 128 Å². The summed E-state index contributed by atoms with van der Waals surface area (Å²) >= 11 is 0. The van der Waals surface area contributed by atoms with Gasteiger partial charge in [0.15, 0.2) is 0 Å². The zero-order chi connectivity index (χ0) is 15.2. The van der Waals surface area contributed by atoms with Crippen LogP contribution in [0.15, 0.2) is 24.3 Å². The molecule has 0 aliphatic carbocycles. The largest absolute Gasteiger partial charge is 0.416 e. The molecule has 1 aromatic carbocycles. The van der Waals surface area contributed by atoms with Crippen LogP contribution in [0.5, 0.6) is 0 Å². The van der Waals surface area contributed by atoms with E-state index >= 15 is 0 Å². The van der Waals surface area contributed by atoms with Crippen molar-refractivity contribution in [2.75, 3.05) is 13.7 Å². The molecule has 0 fully saturated rings. The molecule has 0 saturated carbocycles. The number of rotatable bonds is 6. The Morgan fingerprint density at radius 2 is 2.05 bits per heavy atom. The van der Waals surface area contributed by atoms with Crippen molar-refractivity contribution in [3.05, 3.63) is 35.4 Å². The third-order valence-electron chi connectivity index (χ3n) is 2.95. The summed E-state index contributed by atoms with van der Waals surface area (Å²) < 4.78 is 43.4. The van der Waals surface area contributed by atoms with Crippen LogP contribution in [0.2, 0.25) is 0 Å². The van der Waals surface area contributed by atoms with Gasteiger partial charge in [0.25, 0.3) is 0 Å². The van der Waals surface area contributed by atoms with E-state index < -0.39 is 17.8 Å². The second-order valence-corrected chi connectivity index (χ2v) is 4.43. The van der Waals surface area contributed by atoms with Gasteiger partial charge in [-0.25, -0.2) is 0 Å². The Hall–Kier alpha value is -1.29. The molecule has 0 aliphatic heterocycles. The van der Waals surface area contributed by atoms with E-state index in [2.05, 4.69) is 5.32 Å². The van der Waals surface area contributed by atoms with Crippen molar-refractivity contribution in [1.82, 2.24) is 5.32 Å². The van der Waals surface area contributed by atoms with Crippen LogP contribution in [0.3, 0.4) is 0 Å². The maximum absolute atomic E-state index is 12.7. The zero-order valence-corrected chi connectivity index (χ0v) is 12.6. The van der Waals surface area contributed by atoms with Crippen LogP contribution >= 0.6 is 12.4 Å². The van der Waals surface area contributed by atoms with E-state index in [1.54, 1.807) is 6.07 Å². The molecule has 0 spiro atoms. The molecule has 118 valence electrons. The summed E-state index contributed by atoms with van der Waals surface area (Å²) in [4.78, 5) is 0. The molecule has 0 aromatic heterocycles. The molecular formula is C14H18ClF3N2O. The fraction of sp³-hybridized carbons (Fsp3) is 0.500. The predicted octanol–water partition coefficient (Wildman–Crippen LogP) is 3.71. The number of nitrogens with one attached hydrogen (secondary N) is 1. The molecule has 7 heteroatoms. The first kappa shape index (κ1) is 19.7. The smallest absolute Gasteiger partial charge is 0.375 e. The van der Waals surface area contributed by atoms with Gasteiger partial charge in [-0.15, -0.1) is 12.4 Å². The molecule has 0 aliphatic rings. The zero-order valence-electron chi connectivity index (χ0n) is 11.8. The van der Waals surface area contributed by atoms with Crippen LogP contribution in [-0.4, -0.2) is 19.7 Å². The van der Waals surface area contributed by atoms with Gasteiger partial charge in [-0.3, -0.25) is 0 Å². The fourth-order valence-corrected chi connectivity index (χ4v) is 1.98. The van der Waals surface area contributed by atoms with Crippen LogP contribution in [0.1, 0.15) is 30.6 Å². The highest BCUT2D eigenvalue weighted by molar-refractivity contribution is 5.85. The minimum atomic E-state index is -4.37. The molecule has 1 N–H and O–H groups in total. The Balaban J connectivity index is 0.00000400. The lowest BCUT2D eigenvalue weighted by molar-refractivity contribution is -0.137. The first-order valence-corrected chi connectivity index (χ1v) is 6.20. The van der Waals surface area contributed by atoms with Gasteiger partial charge in [0.2, 0.25) is 0 Å². The quantitative estimate of drug-likeness (QED) is 0.812. The van der Waals surface area contributed by atoms with Gasteiger partial charge in [0.05, 0.1) is 17.7 Å². The van der Waals surface area contributed by atoms with Crippen molar-refractivity contribution in [2.45, 2.75) is 31.7 Å². The van der Waals surface area contributed by atoms with Crippen molar-refractivity contribution in [3.8, 4) is 6.07 Å². The number of halogens is 4. The number of hydrogen-bond acceptors (Lipinski definition) is 3. The maximum atomic E-state index is 12.7. The topological polar surface area (TPSA) is 45.0 Å². The molecule has 1 aromatic rings. The number of ether oxygens (including phenoxy) is 1. The molecule has 3 nitrogen and oxygen atoms in total. The number of nitrogens with zero attached hydrogens (tertiary/aromatic N) is 1. The van der Waals surface area contributed by atoms with E-state index in [0.717, 1.165) is 12.1 Å². The Bertz CT molecular complexity index is 474. The van der Waals surface area contributed by atoms with Crippen molar-refractivity contribution in [1.29, 1.82) is 5.26 Å². The first-order valence-electron chi connectivity index (χ1n) is 6.20. The second-order valence-electron chi connectivity index (χ2n) is 4.43. The van der Waals surface area contributed by atoms with E-state index in [1.165, 1.54) is 13.2 Å². The lowest BCUT2D eigenvalue weighted by atomic mass is 10.0. The van der Waals surface area contributed by atoms with E-state index in [4.69, 9.17) is 10.00 Å². The van der Waals surface area contributed by atoms with E-state index in [0.29, 0.717) is 18.5 Å². The highest BCUT2D eigenvalue weighted by Crippen LogP contribution is 2.32. The van der Waals surface area contributed by atoms with E-state index in [9.17, 15) is 13.2 Å². The lowest BCUT2D eigenvalue weighted by Gasteiger charge is -2.24. The van der Waals surface area contributed by atoms with Crippen LogP contribution in [0.25, 0.3) is 0 Å². The molecule has 2 unspecified atom stereocenters. The van der Waals surface area contributed by atoms with Crippen molar-refractivity contribution >= 4 is 12.4 Å². The van der Waals surface area contributed by atoms with Gasteiger partial charge >= 0.3 is 6.18 Å². The first-order chi connectivity index (χ1) is 9.40. The van der Waals surface area contributed by atoms with Crippen molar-refractivity contribution in [3.63, 3.8) is 0 Å². The number of nitriles is 1. The minimum absolute atomic E-state index is 0. The Morgan fingerprint density at radius 1 is 1.38 bits per heavy atom. The molecule has 0 saturated heterocycles. The van der Waals surface area contributed by atoms with Gasteiger partial charge in [-0.2, -0.15) is 18.4 Å². The van der Waals surface area contributed by atoms with E-state index in [1.807, 2.05) is 13.0 Å². The molecule has 2 atom stereocenters. The average Bonchev–Trinajstić information content (AvgIpc) is 2.39. The van der Waals surface area contributed by atoms with Crippen LogP contribution in [0.4, 0.5) is 13.2 Å². The predicted molar refractivity (Wildman–Crippen MR) is 76.1 cm³/mol. The maximum Gasteiger partial charge on any atom is 0.416 e. The summed E-state index contributed by atoms with van der Waals surface area (Å²) in [5.41, 5.74) is -0.236. The summed E-state index contributed by atoms with van der Waals surface area (Å²) in [5, 5.41) is 11.5. The Morgan fingerprint density at radius 3 is 2.57 bits per heavy atom. The average molecular weight is 323 g/mol. The van der Waals surface area contributed by atoms with Gasteiger partial charge in [-0.05, 0) is 24.6 Å². The number of methoxy groups -OCH3 is 1. The minimum Gasteiger partial charge on any atom is -0.375 e. The van der Waals surface area contributed by atoms with Crippen LogP contribution in [-0.2, 0) is 10.9 Å². The van der Waals surface area contributed by atoms with E-state index in [-0.39, 0.29) is 18.4 Å². The summed E-state index contributed by atoms with van der Waals surface area (Å²) in [6.45, 7) is 2.28. The number of hydrogen-bond donors (Lipinski definition) is 1. The third-order valence-corrected chi connectivity index (χ3v) is 2.95. The van der Waals surface area contributed by atoms with Gasteiger partial charge in [0.1, 0.15) is 0 Å². The van der Waals surface area contributed by atoms with Crippen LogP contribution in [0, 0.1) is 11.3 Å². The number of benzene rings is 1. The highest BCUT2D eigenvalue weighted by atomic mass is 35.5. The molecular weight excluding hydrogens is 305 g/mol. The number of alkyl halides is 3. The summed E-state index contributed by atoms with van der Waals surface area (Å²) in [5.74, 6) is 0. The third kappa shape index (κ3) is 5.92. The Kier molecular flexibility index (Phi) is 8.33. The molecule has 0 radical (unpaired) electrons. The highest BCUT2D eigenvalue weighted by Gasteiger charge is 2.31. The van der Waals surface area contributed by atoms with Gasteiger partial charge in [0, 0.05) is 26.1 Å². The SMILES string of the molecule is COC(c1cccc(C(F)(F)F)c1)C(C)NCCC#N.Cl. The van der Waals surface area contributed by atoms with Crippen LogP contribution < -0.4 is 5.32 Å². The molecule has 0 heterocycles. The lowest BCUT2D eigenvalue weighted by Crippen LogP contribution is -2.33.